The summed E-state index contributed by atoms with van der Waals surface area (Å²) < 4.78 is 0. The van der Waals surface area contributed by atoms with Gasteiger partial charge in [0.15, 0.2) is 0 Å². The van der Waals surface area contributed by atoms with E-state index in [0.717, 1.165) is 32.3 Å². The largest absolute Gasteiger partial charge is 0.359 e. The molecule has 2 heterocycles. The fraction of sp³-hybridized carbons (Fsp3) is 0.148. The summed E-state index contributed by atoms with van der Waals surface area (Å²) in [5, 5.41) is 2.62. The van der Waals surface area contributed by atoms with Gasteiger partial charge in [0.25, 0.3) is 5.91 Å². The number of hydrogen-bond acceptors (Lipinski definition) is 4. The van der Waals surface area contributed by atoms with E-state index in [-0.39, 0.29) is 11.7 Å². The van der Waals surface area contributed by atoms with Crippen molar-refractivity contribution < 1.29 is 9.59 Å². The third kappa shape index (κ3) is 5.99. The Balaban J connectivity index is 1.39. The molecule has 0 bridgehead atoms. The molecule has 2 N–H and O–H groups in total. The molecule has 33 heavy (non-hydrogen) atoms. The van der Waals surface area contributed by atoms with Crippen molar-refractivity contribution in [3.63, 3.8) is 0 Å². The number of pyridine rings is 1. The molecule has 0 aliphatic heterocycles. The second-order valence-corrected chi connectivity index (χ2v) is 9.03. The van der Waals surface area contributed by atoms with Gasteiger partial charge in [-0.25, -0.2) is 0 Å². The second-order valence-electron chi connectivity index (χ2n) is 7.89. The van der Waals surface area contributed by atoms with Crippen molar-refractivity contribution in [3.8, 4) is 11.4 Å². The summed E-state index contributed by atoms with van der Waals surface area (Å²) in [6, 6.07) is 21.9. The molecular weight excluding hydrogens is 430 g/mol. The molecule has 166 valence electrons. The third-order valence-electron chi connectivity index (χ3n) is 5.22. The number of nitrogens with one attached hydrogen (secondary N) is 2. The van der Waals surface area contributed by atoms with E-state index < -0.39 is 0 Å². The molecule has 2 aromatic heterocycles. The minimum atomic E-state index is -0.138. The molecule has 0 fully saturated rings. The van der Waals surface area contributed by atoms with Crippen molar-refractivity contribution in [1.29, 1.82) is 0 Å². The van der Waals surface area contributed by atoms with Crippen molar-refractivity contribution in [2.24, 2.45) is 0 Å². The van der Waals surface area contributed by atoms with Gasteiger partial charge in [-0.15, -0.1) is 0 Å². The van der Waals surface area contributed by atoms with Crippen LogP contribution >= 0.6 is 11.8 Å². The summed E-state index contributed by atoms with van der Waals surface area (Å²) in [5.74, 6) is 0.0716. The van der Waals surface area contributed by atoms with E-state index in [1.54, 1.807) is 37.3 Å². The van der Waals surface area contributed by atoms with Crippen LogP contribution < -0.4 is 5.32 Å². The van der Waals surface area contributed by atoms with Crippen LogP contribution in [0.5, 0.6) is 0 Å². The monoisotopic (exact) mass is 455 g/mol. The Morgan fingerprint density at radius 2 is 1.73 bits per heavy atom. The topological polar surface area (TPSA) is 74.8 Å². The smallest absolute Gasteiger partial charge is 0.252 e. The molecule has 5 nitrogen and oxygen atoms in total. The molecule has 2 aromatic carbocycles. The highest BCUT2D eigenvalue weighted by Gasteiger charge is 2.10. The molecule has 0 radical (unpaired) electrons. The van der Waals surface area contributed by atoms with Gasteiger partial charge in [-0.3, -0.25) is 14.6 Å². The van der Waals surface area contributed by atoms with Crippen molar-refractivity contribution >= 4 is 23.5 Å². The van der Waals surface area contributed by atoms with Gasteiger partial charge in [0.1, 0.15) is 5.78 Å². The second kappa shape index (κ2) is 10.3. The Bertz CT molecular complexity index is 1280. The molecule has 4 aromatic rings. The van der Waals surface area contributed by atoms with E-state index in [1.165, 1.54) is 5.56 Å². The molecule has 0 spiro atoms. The van der Waals surface area contributed by atoms with E-state index in [4.69, 9.17) is 0 Å². The first kappa shape index (κ1) is 22.6. The number of carbonyl (C=O) groups is 2. The van der Waals surface area contributed by atoms with E-state index in [9.17, 15) is 9.59 Å². The maximum atomic E-state index is 12.5. The van der Waals surface area contributed by atoms with E-state index in [0.29, 0.717) is 18.4 Å². The van der Waals surface area contributed by atoms with Crippen LogP contribution in [0.25, 0.3) is 11.4 Å². The zero-order valence-corrected chi connectivity index (χ0v) is 19.4. The maximum absolute atomic E-state index is 12.5. The van der Waals surface area contributed by atoms with Gasteiger partial charge in [-0.2, -0.15) is 0 Å². The van der Waals surface area contributed by atoms with Gasteiger partial charge in [-0.05, 0) is 48.4 Å². The number of carbonyl (C=O) groups excluding carboxylic acids is 2. The average Bonchev–Trinajstić information content (AvgIpc) is 3.30. The minimum absolute atomic E-state index is 0.138. The summed E-state index contributed by atoms with van der Waals surface area (Å²) >= 11 is 1.63. The van der Waals surface area contributed by atoms with Gasteiger partial charge in [0.2, 0.25) is 0 Å². The quantitative estimate of drug-likeness (QED) is 0.381. The lowest BCUT2D eigenvalue weighted by molar-refractivity contribution is -0.117. The van der Waals surface area contributed by atoms with Crippen molar-refractivity contribution in [1.82, 2.24) is 15.3 Å². The van der Waals surface area contributed by atoms with Crippen LogP contribution in [-0.4, -0.2) is 28.7 Å². The number of ketones is 1. The van der Waals surface area contributed by atoms with Crippen molar-refractivity contribution in [3.05, 3.63) is 101 Å². The number of aromatic amines is 1. The zero-order valence-electron chi connectivity index (χ0n) is 18.6. The Morgan fingerprint density at radius 1 is 0.939 bits per heavy atom. The predicted octanol–water partition coefficient (Wildman–Crippen LogP) is 5.25. The van der Waals surface area contributed by atoms with Crippen molar-refractivity contribution in [2.75, 3.05) is 7.05 Å². The highest BCUT2D eigenvalue weighted by Crippen LogP contribution is 2.30. The number of nitrogens with zero attached hydrogens (tertiary/aromatic N) is 1. The molecule has 0 unspecified atom stereocenters. The highest BCUT2D eigenvalue weighted by molar-refractivity contribution is 7.99. The van der Waals surface area contributed by atoms with E-state index in [2.05, 4.69) is 21.4 Å². The number of Topliss-reactive ketones (excluding diaryl/α,β-unsaturated/α-hetero) is 1. The molecule has 4 rings (SSSR count). The molecular formula is C27H25N3O2S. The Hall–Kier alpha value is -3.64. The Kier molecular flexibility index (Phi) is 7.05. The first-order chi connectivity index (χ1) is 16.0. The molecule has 6 heteroatoms. The zero-order chi connectivity index (χ0) is 23.2. The SMILES string of the molecule is CNC(=O)c1c[nH]c(-c2cc(Sc3ccc(CC(=O)Cc4cccc(C)c4)cc3)ccn2)c1. The molecule has 1 amide bonds. The normalized spacial score (nSPS) is 10.7. The lowest BCUT2D eigenvalue weighted by Gasteiger charge is -2.06. The number of amides is 1. The number of benzene rings is 2. The van der Waals surface area contributed by atoms with Gasteiger partial charge in [0.05, 0.1) is 17.0 Å². The van der Waals surface area contributed by atoms with Gasteiger partial charge < -0.3 is 10.3 Å². The molecule has 0 aliphatic rings. The number of hydrogen-bond donors (Lipinski definition) is 2. The molecule has 0 saturated carbocycles. The summed E-state index contributed by atoms with van der Waals surface area (Å²) in [6.45, 7) is 2.04. The predicted molar refractivity (Wildman–Crippen MR) is 132 cm³/mol. The summed E-state index contributed by atoms with van der Waals surface area (Å²) in [6.07, 6.45) is 4.32. The molecule has 0 atom stereocenters. The minimum Gasteiger partial charge on any atom is -0.359 e. The maximum Gasteiger partial charge on any atom is 0.252 e. The average molecular weight is 456 g/mol. The number of aryl methyl sites for hydroxylation is 1. The summed E-state index contributed by atoms with van der Waals surface area (Å²) in [5.41, 5.74) is 5.38. The lowest BCUT2D eigenvalue weighted by atomic mass is 10.0. The highest BCUT2D eigenvalue weighted by atomic mass is 32.2. The van der Waals surface area contributed by atoms with Crippen LogP contribution in [0.3, 0.4) is 0 Å². The molecule has 0 aliphatic carbocycles. The van der Waals surface area contributed by atoms with Crippen LogP contribution in [0.2, 0.25) is 0 Å². The van der Waals surface area contributed by atoms with Crippen LogP contribution in [0.4, 0.5) is 0 Å². The van der Waals surface area contributed by atoms with E-state index >= 15 is 0 Å². The van der Waals surface area contributed by atoms with Crippen LogP contribution in [0, 0.1) is 6.92 Å². The lowest BCUT2D eigenvalue weighted by Crippen LogP contribution is -2.16. The Labute approximate surface area is 197 Å². The fourth-order valence-corrected chi connectivity index (χ4v) is 4.43. The van der Waals surface area contributed by atoms with Crippen LogP contribution in [0.15, 0.2) is 88.9 Å². The van der Waals surface area contributed by atoms with Crippen molar-refractivity contribution in [2.45, 2.75) is 29.6 Å². The fourth-order valence-electron chi connectivity index (χ4n) is 3.59. The number of rotatable bonds is 8. The third-order valence-corrected chi connectivity index (χ3v) is 6.22. The van der Waals surface area contributed by atoms with Gasteiger partial charge >= 0.3 is 0 Å². The number of H-pyrrole nitrogens is 1. The summed E-state index contributed by atoms with van der Waals surface area (Å²) in [7, 11) is 1.61. The number of aromatic nitrogens is 2. The molecule has 0 saturated heterocycles. The van der Waals surface area contributed by atoms with Crippen LogP contribution in [0.1, 0.15) is 27.0 Å². The standard InChI is InChI=1S/C27H25N3O2S/c1-18-4-3-5-20(12-18)14-22(31)13-19-6-8-23(9-7-19)33-24-10-11-29-26(16-24)25-15-21(17-30-25)27(32)28-2/h3-12,15-17,30H,13-14H2,1-2H3,(H,28,32). The van der Waals surface area contributed by atoms with Gasteiger partial charge in [-0.1, -0.05) is 53.7 Å². The first-order valence-electron chi connectivity index (χ1n) is 10.7. The Morgan fingerprint density at radius 3 is 2.48 bits per heavy atom. The van der Waals surface area contributed by atoms with Crippen LogP contribution in [-0.2, 0) is 17.6 Å². The van der Waals surface area contributed by atoms with E-state index in [1.807, 2.05) is 61.5 Å². The summed E-state index contributed by atoms with van der Waals surface area (Å²) in [4.78, 5) is 33.9. The first-order valence-corrected chi connectivity index (χ1v) is 11.5. The van der Waals surface area contributed by atoms with Gasteiger partial charge in [0, 0.05) is 42.1 Å².